The van der Waals surface area contributed by atoms with E-state index in [0.717, 1.165) is 42.2 Å². The van der Waals surface area contributed by atoms with Crippen molar-refractivity contribution in [3.63, 3.8) is 0 Å². The number of benzene rings is 2. The van der Waals surface area contributed by atoms with Gasteiger partial charge in [0.15, 0.2) is 0 Å². The minimum atomic E-state index is -0.548. The van der Waals surface area contributed by atoms with Gasteiger partial charge in [0.25, 0.3) is 5.69 Å². The molecule has 0 aromatic heterocycles. The summed E-state index contributed by atoms with van der Waals surface area (Å²) in [6, 6.07) is 15.6. The molecule has 5 nitrogen and oxygen atoms in total. The highest BCUT2D eigenvalue weighted by Crippen LogP contribution is 2.24. The molecule has 128 valence electrons. The van der Waals surface area contributed by atoms with E-state index in [2.05, 4.69) is 0 Å². The van der Waals surface area contributed by atoms with Crippen molar-refractivity contribution >= 4 is 15.5 Å². The minimum absolute atomic E-state index is 0.101. The van der Waals surface area contributed by atoms with E-state index < -0.39 is 14.7 Å². The van der Waals surface area contributed by atoms with Gasteiger partial charge in [-0.25, -0.2) is 0 Å². The summed E-state index contributed by atoms with van der Waals surface area (Å²) in [6.07, 6.45) is 4.32. The van der Waals surface area contributed by atoms with Crippen LogP contribution < -0.4 is 4.43 Å². The van der Waals surface area contributed by atoms with Crippen molar-refractivity contribution in [2.24, 2.45) is 0 Å². The van der Waals surface area contributed by atoms with E-state index in [1.807, 2.05) is 24.3 Å². The fourth-order valence-corrected chi connectivity index (χ4v) is 3.58. The molecule has 24 heavy (non-hydrogen) atoms. The van der Waals surface area contributed by atoms with Crippen molar-refractivity contribution in [1.29, 1.82) is 0 Å². The summed E-state index contributed by atoms with van der Waals surface area (Å²) in [5, 5.41) is 19.4. The topological polar surface area (TPSA) is 72.6 Å². The van der Waals surface area contributed by atoms with Crippen LogP contribution in [0.15, 0.2) is 48.5 Å². The zero-order valence-corrected chi connectivity index (χ0v) is 15.1. The average Bonchev–Trinajstić information content (AvgIpc) is 2.61. The van der Waals surface area contributed by atoms with Crippen LogP contribution in [0.1, 0.15) is 25.7 Å². The van der Waals surface area contributed by atoms with E-state index in [-0.39, 0.29) is 12.3 Å². The normalized spacial score (nSPS) is 11.0. The number of nitro groups is 1. The first-order valence-corrected chi connectivity index (χ1v) is 9.87. The molecule has 0 spiro atoms. The summed E-state index contributed by atoms with van der Waals surface area (Å²) in [4.78, 5) is 10.3. The monoisotopic (exact) mass is 345 g/mol. The van der Waals surface area contributed by atoms with Gasteiger partial charge < -0.3 is 9.53 Å². The van der Waals surface area contributed by atoms with E-state index in [1.54, 1.807) is 12.1 Å². The Balaban J connectivity index is 1.79. The van der Waals surface area contributed by atoms with Crippen molar-refractivity contribution in [1.82, 2.24) is 0 Å². The zero-order chi connectivity index (χ0) is 17.2. The minimum Gasteiger partial charge on any atom is -0.549 e. The Morgan fingerprint density at radius 2 is 1.50 bits per heavy atom. The van der Waals surface area contributed by atoms with Gasteiger partial charge in [0.05, 0.1) is 4.92 Å². The molecule has 0 aliphatic heterocycles. The van der Waals surface area contributed by atoms with E-state index in [4.69, 9.17) is 9.53 Å². The molecular formula is C18H23NO4Si. The van der Waals surface area contributed by atoms with E-state index in [9.17, 15) is 10.1 Å². The third kappa shape index (κ3) is 5.79. The molecule has 0 unspecified atom stereocenters. The number of aliphatic hydroxyl groups excluding tert-OH is 1. The Morgan fingerprint density at radius 1 is 0.917 bits per heavy atom. The SMILES string of the molecule is O=[N+]([O-])c1ccc(-c2ccc(O[SiH2]CCCCCCO)cc2)cc1. The Kier molecular flexibility index (Phi) is 7.45. The average molecular weight is 345 g/mol. The Hall–Kier alpha value is -2.18. The molecule has 0 aliphatic carbocycles. The molecule has 6 heteroatoms. The van der Waals surface area contributed by atoms with Crippen LogP contribution in [-0.4, -0.2) is 26.4 Å². The maximum Gasteiger partial charge on any atom is 0.269 e. The number of hydrogen-bond acceptors (Lipinski definition) is 4. The van der Waals surface area contributed by atoms with Crippen molar-refractivity contribution in [2.45, 2.75) is 31.7 Å². The van der Waals surface area contributed by atoms with Crippen LogP contribution in [0.3, 0.4) is 0 Å². The molecule has 2 aromatic rings. The fourth-order valence-electron chi connectivity index (χ4n) is 2.45. The van der Waals surface area contributed by atoms with Gasteiger partial charge in [-0.1, -0.05) is 31.4 Å². The first-order chi connectivity index (χ1) is 11.7. The zero-order valence-electron chi connectivity index (χ0n) is 13.7. The lowest BCUT2D eigenvalue weighted by atomic mass is 10.1. The van der Waals surface area contributed by atoms with Crippen LogP contribution in [0.5, 0.6) is 5.75 Å². The number of nitro benzene ring substituents is 1. The summed E-state index contributed by atoms with van der Waals surface area (Å²) < 4.78 is 5.85. The number of nitrogens with zero attached hydrogens (tertiary/aromatic N) is 1. The van der Waals surface area contributed by atoms with Crippen molar-refractivity contribution in [3.05, 3.63) is 58.6 Å². The highest BCUT2D eigenvalue weighted by atomic mass is 28.2. The maximum atomic E-state index is 10.7. The molecule has 2 aromatic carbocycles. The fraction of sp³-hybridized carbons (Fsp3) is 0.333. The van der Waals surface area contributed by atoms with Crippen LogP contribution in [-0.2, 0) is 0 Å². The summed E-state index contributed by atoms with van der Waals surface area (Å²) in [5.74, 6) is 0.891. The summed E-state index contributed by atoms with van der Waals surface area (Å²) in [6.45, 7) is 0.287. The second kappa shape index (κ2) is 9.84. The molecule has 1 N–H and O–H groups in total. The number of unbranched alkanes of at least 4 members (excludes halogenated alkanes) is 3. The highest BCUT2D eigenvalue weighted by Gasteiger charge is 2.05. The predicted octanol–water partition coefficient (Wildman–Crippen LogP) is 3.70. The van der Waals surface area contributed by atoms with Gasteiger partial charge in [0, 0.05) is 18.7 Å². The smallest absolute Gasteiger partial charge is 0.269 e. The van der Waals surface area contributed by atoms with E-state index >= 15 is 0 Å². The molecule has 0 saturated carbocycles. The quantitative estimate of drug-likeness (QED) is 0.308. The van der Waals surface area contributed by atoms with E-state index in [0.29, 0.717) is 0 Å². The number of rotatable bonds is 10. The number of aliphatic hydroxyl groups is 1. The summed E-state index contributed by atoms with van der Waals surface area (Å²) >= 11 is 0. The third-order valence-corrected chi connectivity index (χ3v) is 5.16. The molecule has 0 amide bonds. The molecule has 0 aliphatic rings. The second-order valence-corrected chi connectivity index (χ2v) is 7.07. The highest BCUT2D eigenvalue weighted by molar-refractivity contribution is 6.28. The standard InChI is InChI=1S/C18H23NO4Si/c20-13-3-1-2-4-14-24-23-18-11-7-16(8-12-18)15-5-9-17(10-6-15)19(21)22/h5-12,20H,1-4,13-14,24H2. The van der Waals surface area contributed by atoms with Crippen molar-refractivity contribution in [2.75, 3.05) is 6.61 Å². The molecule has 2 rings (SSSR count). The number of hydrogen-bond donors (Lipinski definition) is 1. The summed E-state index contributed by atoms with van der Waals surface area (Å²) in [7, 11) is -0.548. The van der Waals surface area contributed by atoms with Gasteiger partial charge in [-0.3, -0.25) is 10.1 Å². The van der Waals surface area contributed by atoms with Crippen LogP contribution in [0.25, 0.3) is 11.1 Å². The first-order valence-electron chi connectivity index (χ1n) is 8.29. The molecule has 0 fully saturated rings. The lowest BCUT2D eigenvalue weighted by Crippen LogP contribution is -2.01. The van der Waals surface area contributed by atoms with Gasteiger partial charge in [-0.15, -0.1) is 0 Å². The molecule has 0 heterocycles. The van der Waals surface area contributed by atoms with Crippen molar-refractivity contribution in [3.8, 4) is 16.9 Å². The van der Waals surface area contributed by atoms with Gasteiger partial charge in [-0.05, 0) is 47.9 Å². The molecule has 0 atom stereocenters. The Bertz CT molecular complexity index is 628. The second-order valence-electron chi connectivity index (χ2n) is 5.67. The van der Waals surface area contributed by atoms with Crippen LogP contribution in [0.4, 0.5) is 5.69 Å². The Morgan fingerprint density at radius 3 is 2.08 bits per heavy atom. The van der Waals surface area contributed by atoms with Crippen LogP contribution in [0, 0.1) is 10.1 Å². The largest absolute Gasteiger partial charge is 0.549 e. The maximum absolute atomic E-state index is 10.7. The van der Waals surface area contributed by atoms with Crippen molar-refractivity contribution < 1.29 is 14.5 Å². The van der Waals surface area contributed by atoms with Gasteiger partial charge in [-0.2, -0.15) is 0 Å². The van der Waals surface area contributed by atoms with Crippen LogP contribution >= 0.6 is 0 Å². The van der Waals surface area contributed by atoms with Gasteiger partial charge in [0.2, 0.25) is 9.76 Å². The number of non-ortho nitro benzene ring substituents is 1. The predicted molar refractivity (Wildman–Crippen MR) is 98.1 cm³/mol. The van der Waals surface area contributed by atoms with Gasteiger partial charge >= 0.3 is 0 Å². The van der Waals surface area contributed by atoms with Crippen LogP contribution in [0.2, 0.25) is 6.04 Å². The van der Waals surface area contributed by atoms with Gasteiger partial charge in [0.1, 0.15) is 5.75 Å². The lowest BCUT2D eigenvalue weighted by molar-refractivity contribution is -0.384. The first kappa shape index (κ1) is 18.2. The molecule has 0 radical (unpaired) electrons. The molecule has 0 saturated heterocycles. The Labute approximate surface area is 144 Å². The lowest BCUT2D eigenvalue weighted by Gasteiger charge is -2.07. The molecule has 0 bridgehead atoms. The summed E-state index contributed by atoms with van der Waals surface area (Å²) in [5.41, 5.74) is 2.07. The third-order valence-electron chi connectivity index (χ3n) is 3.84. The molecular weight excluding hydrogens is 322 g/mol. The van der Waals surface area contributed by atoms with E-state index in [1.165, 1.54) is 18.6 Å².